The van der Waals surface area contributed by atoms with Crippen molar-refractivity contribution >= 4 is 12.1 Å². The zero-order chi connectivity index (χ0) is 9.47. The van der Waals surface area contributed by atoms with Crippen molar-refractivity contribution in [2.45, 2.75) is 31.2 Å². The molecule has 1 aliphatic carbocycles. The van der Waals surface area contributed by atoms with Crippen molar-refractivity contribution in [2.24, 2.45) is 27.4 Å². The quantitative estimate of drug-likeness (QED) is 0.609. The van der Waals surface area contributed by atoms with E-state index in [2.05, 4.69) is 9.98 Å². The molecular weight excluding hydrogens is 171 g/mol. The minimum Gasteiger partial charge on any atom is -0.384 e. The van der Waals surface area contributed by atoms with Crippen molar-refractivity contribution in [3.63, 3.8) is 0 Å². The number of amidine groups is 1. The molecule has 2 atom stereocenters. The summed E-state index contributed by atoms with van der Waals surface area (Å²) in [6.07, 6.45) is 3.28. The number of nitrogens with zero attached hydrogens (tertiary/aromatic N) is 2. The van der Waals surface area contributed by atoms with E-state index in [1.165, 1.54) is 6.21 Å². The number of halogens is 1. The maximum atomic E-state index is 14.1. The second-order valence-electron chi connectivity index (χ2n) is 3.60. The van der Waals surface area contributed by atoms with E-state index in [0.717, 1.165) is 19.3 Å². The summed E-state index contributed by atoms with van der Waals surface area (Å²) in [7, 11) is 0. The van der Waals surface area contributed by atoms with Gasteiger partial charge in [0.25, 0.3) is 0 Å². The Balaban J connectivity index is 2.22. The van der Waals surface area contributed by atoms with Crippen LogP contribution < -0.4 is 11.5 Å². The summed E-state index contributed by atoms with van der Waals surface area (Å²) < 4.78 is 14.1. The predicted molar refractivity (Wildman–Crippen MR) is 49.3 cm³/mol. The molecule has 0 aromatic carbocycles. The van der Waals surface area contributed by atoms with Crippen LogP contribution in [-0.4, -0.2) is 24.0 Å². The summed E-state index contributed by atoms with van der Waals surface area (Å²) >= 11 is 0. The molecule has 13 heavy (non-hydrogen) atoms. The van der Waals surface area contributed by atoms with E-state index in [1.807, 2.05) is 0 Å². The van der Waals surface area contributed by atoms with Gasteiger partial charge < -0.3 is 5.73 Å². The molecule has 0 amide bonds. The van der Waals surface area contributed by atoms with Crippen LogP contribution in [0.1, 0.15) is 19.3 Å². The van der Waals surface area contributed by atoms with Crippen LogP contribution in [0, 0.1) is 5.92 Å². The lowest BCUT2D eigenvalue weighted by Crippen LogP contribution is -2.53. The topological polar surface area (TPSA) is 76.8 Å². The number of nitrogens with two attached hydrogens (primary N) is 2. The van der Waals surface area contributed by atoms with Gasteiger partial charge in [-0.05, 0) is 12.8 Å². The Morgan fingerprint density at radius 1 is 1.54 bits per heavy atom. The van der Waals surface area contributed by atoms with Crippen molar-refractivity contribution in [1.29, 1.82) is 0 Å². The normalized spacial score (nSPS) is 39.8. The number of hydrogen-bond acceptors (Lipinski definition) is 4. The van der Waals surface area contributed by atoms with Gasteiger partial charge in [-0.3, -0.25) is 10.7 Å². The second kappa shape index (κ2) is 2.77. The Morgan fingerprint density at radius 3 is 2.69 bits per heavy atom. The molecular formula is C8H13FN4. The molecule has 5 heteroatoms. The molecule has 4 N–H and O–H groups in total. The van der Waals surface area contributed by atoms with Crippen LogP contribution in [-0.2, 0) is 0 Å². The molecule has 0 aromatic heterocycles. The smallest absolute Gasteiger partial charge is 0.204 e. The molecule has 1 heterocycles. The highest BCUT2D eigenvalue weighted by Gasteiger charge is 2.46. The Kier molecular flexibility index (Phi) is 1.83. The molecule has 0 bridgehead atoms. The van der Waals surface area contributed by atoms with Crippen LogP contribution in [0.5, 0.6) is 0 Å². The highest BCUT2D eigenvalue weighted by molar-refractivity contribution is 6.05. The van der Waals surface area contributed by atoms with E-state index in [9.17, 15) is 4.39 Å². The van der Waals surface area contributed by atoms with E-state index in [-0.39, 0.29) is 11.8 Å². The number of alkyl halides is 1. The molecule has 0 radical (unpaired) electrons. The SMILES string of the molecule is NC1=NC(N)N=CC1(F)C1CCC1. The van der Waals surface area contributed by atoms with Gasteiger partial charge in [-0.15, -0.1) is 0 Å². The Labute approximate surface area is 75.9 Å². The van der Waals surface area contributed by atoms with Crippen molar-refractivity contribution < 1.29 is 4.39 Å². The third-order valence-corrected chi connectivity index (χ3v) is 2.78. The Bertz CT molecular complexity index is 271. The van der Waals surface area contributed by atoms with E-state index in [4.69, 9.17) is 11.5 Å². The molecule has 1 aliphatic heterocycles. The fourth-order valence-electron chi connectivity index (χ4n) is 1.67. The summed E-state index contributed by atoms with van der Waals surface area (Å²) in [5.41, 5.74) is 9.26. The third kappa shape index (κ3) is 1.23. The summed E-state index contributed by atoms with van der Waals surface area (Å²) in [6, 6.07) is 0. The van der Waals surface area contributed by atoms with Crippen LogP contribution in [0.3, 0.4) is 0 Å². The van der Waals surface area contributed by atoms with Crippen LogP contribution in [0.2, 0.25) is 0 Å². The highest BCUT2D eigenvalue weighted by atomic mass is 19.1. The molecule has 0 aromatic rings. The number of aliphatic imine (C=N–C) groups is 2. The summed E-state index contributed by atoms with van der Waals surface area (Å²) in [5, 5.41) is 0. The van der Waals surface area contributed by atoms with Gasteiger partial charge in [0.1, 0.15) is 5.84 Å². The van der Waals surface area contributed by atoms with Crippen molar-refractivity contribution in [2.75, 3.05) is 0 Å². The lowest BCUT2D eigenvalue weighted by Gasteiger charge is -2.37. The summed E-state index contributed by atoms with van der Waals surface area (Å²) in [6.45, 7) is 0. The van der Waals surface area contributed by atoms with Gasteiger partial charge in [-0.25, -0.2) is 9.38 Å². The summed E-state index contributed by atoms with van der Waals surface area (Å²) in [5.74, 6) is -0.0628. The van der Waals surface area contributed by atoms with Crippen LogP contribution in [0.15, 0.2) is 9.98 Å². The number of hydrogen-bond donors (Lipinski definition) is 2. The first-order valence-electron chi connectivity index (χ1n) is 4.45. The molecule has 1 saturated carbocycles. The maximum absolute atomic E-state index is 14.1. The molecule has 2 aliphatic rings. The molecule has 0 saturated heterocycles. The minimum absolute atomic E-state index is 0.0142. The first-order valence-corrected chi connectivity index (χ1v) is 4.45. The maximum Gasteiger partial charge on any atom is 0.204 e. The van der Waals surface area contributed by atoms with Crippen LogP contribution >= 0.6 is 0 Å². The average Bonchev–Trinajstić information content (AvgIpc) is 1.95. The van der Waals surface area contributed by atoms with Crippen LogP contribution in [0.4, 0.5) is 4.39 Å². The largest absolute Gasteiger partial charge is 0.384 e. The van der Waals surface area contributed by atoms with Gasteiger partial charge in [0, 0.05) is 12.1 Å². The minimum atomic E-state index is -1.63. The lowest BCUT2D eigenvalue weighted by atomic mass is 9.73. The van der Waals surface area contributed by atoms with Gasteiger partial charge in [0.15, 0.2) is 6.29 Å². The molecule has 72 valence electrons. The van der Waals surface area contributed by atoms with Crippen LogP contribution in [0.25, 0.3) is 0 Å². The van der Waals surface area contributed by atoms with Crippen molar-refractivity contribution in [3.8, 4) is 0 Å². The zero-order valence-corrected chi connectivity index (χ0v) is 7.28. The molecule has 2 unspecified atom stereocenters. The predicted octanol–water partition coefficient (Wildman–Crippen LogP) is 0.179. The molecule has 2 rings (SSSR count). The van der Waals surface area contributed by atoms with Gasteiger partial charge in [-0.2, -0.15) is 0 Å². The monoisotopic (exact) mass is 184 g/mol. The van der Waals surface area contributed by atoms with Gasteiger partial charge in [0.05, 0.1) is 0 Å². The highest BCUT2D eigenvalue weighted by Crippen LogP contribution is 2.38. The van der Waals surface area contributed by atoms with Crippen molar-refractivity contribution in [3.05, 3.63) is 0 Å². The zero-order valence-electron chi connectivity index (χ0n) is 7.28. The van der Waals surface area contributed by atoms with Gasteiger partial charge in [0.2, 0.25) is 5.67 Å². The first kappa shape index (κ1) is 8.62. The van der Waals surface area contributed by atoms with E-state index in [1.54, 1.807) is 0 Å². The fourth-order valence-corrected chi connectivity index (χ4v) is 1.67. The number of rotatable bonds is 1. The molecule has 1 fully saturated rings. The first-order chi connectivity index (χ1) is 6.13. The van der Waals surface area contributed by atoms with E-state index < -0.39 is 12.0 Å². The van der Waals surface area contributed by atoms with E-state index >= 15 is 0 Å². The van der Waals surface area contributed by atoms with Gasteiger partial charge >= 0.3 is 0 Å². The standard InChI is InChI=1S/C8H13FN4/c9-8(5-2-1-3-5)4-12-7(11)13-6(8)10/h4-5,7H,1-3,11H2,(H2,10,13). The van der Waals surface area contributed by atoms with E-state index in [0.29, 0.717) is 0 Å². The Morgan fingerprint density at radius 2 is 2.23 bits per heavy atom. The third-order valence-electron chi connectivity index (χ3n) is 2.78. The molecule has 0 spiro atoms. The fraction of sp³-hybridized carbons (Fsp3) is 0.750. The second-order valence-corrected chi connectivity index (χ2v) is 3.60. The van der Waals surface area contributed by atoms with Gasteiger partial charge in [-0.1, -0.05) is 6.42 Å². The average molecular weight is 184 g/mol. The lowest BCUT2D eigenvalue weighted by molar-refractivity contribution is 0.154. The van der Waals surface area contributed by atoms with Crippen molar-refractivity contribution in [1.82, 2.24) is 0 Å². The molecule has 4 nitrogen and oxygen atoms in total. The summed E-state index contributed by atoms with van der Waals surface area (Å²) in [4.78, 5) is 7.48. The Hall–Kier alpha value is -0.970.